The molecule has 0 aromatic heterocycles. The summed E-state index contributed by atoms with van der Waals surface area (Å²) in [5.41, 5.74) is 1.57. The van der Waals surface area contributed by atoms with Crippen LogP contribution in [0, 0.1) is 5.82 Å². The number of halogens is 1. The third-order valence-corrected chi connectivity index (χ3v) is 5.06. The van der Waals surface area contributed by atoms with Crippen LogP contribution in [0.1, 0.15) is 22.8 Å². The van der Waals surface area contributed by atoms with Gasteiger partial charge in [-0.15, -0.1) is 0 Å². The molecular formula is C19H21FN3O3S-. The fraction of sp³-hybridized carbons (Fsp3) is 0.316. The van der Waals surface area contributed by atoms with Crippen LogP contribution in [-0.4, -0.2) is 50.1 Å². The minimum absolute atomic E-state index is 0.00929. The number of hydrogen-bond donors (Lipinski definition) is 1. The van der Waals surface area contributed by atoms with Crippen molar-refractivity contribution in [3.05, 3.63) is 65.5 Å². The van der Waals surface area contributed by atoms with Crippen molar-refractivity contribution in [1.82, 2.24) is 9.80 Å². The molecule has 1 saturated heterocycles. The lowest BCUT2D eigenvalue weighted by Gasteiger charge is -2.40. The Bertz CT molecular complexity index is 831. The zero-order chi connectivity index (χ0) is 19.4. The maximum Gasteiger partial charge on any atom is 0.254 e. The molecule has 0 spiro atoms. The minimum atomic E-state index is -2.39. The third-order valence-electron chi connectivity index (χ3n) is 4.66. The van der Waals surface area contributed by atoms with Crippen molar-refractivity contribution in [2.24, 2.45) is 0 Å². The van der Waals surface area contributed by atoms with Gasteiger partial charge in [-0.1, -0.05) is 18.2 Å². The van der Waals surface area contributed by atoms with Gasteiger partial charge in [0.25, 0.3) is 5.91 Å². The molecule has 3 rings (SSSR count). The van der Waals surface area contributed by atoms with Crippen LogP contribution in [0.2, 0.25) is 0 Å². The molecule has 6 nitrogen and oxygen atoms in total. The number of hydrogen-bond acceptors (Lipinski definition) is 4. The average Bonchev–Trinajstić information content (AvgIpc) is 2.63. The summed E-state index contributed by atoms with van der Waals surface area (Å²) in [6.45, 7) is 4.38. The molecule has 2 aromatic rings. The highest BCUT2D eigenvalue weighted by Crippen LogP contribution is 2.18. The zero-order valence-electron chi connectivity index (χ0n) is 14.9. The SMILES string of the molecule is C[C@H]1CN(Cc2ccccc2F)CCN1C(=O)c1ccc(NS(=O)[O-])cc1. The van der Waals surface area contributed by atoms with Crippen molar-refractivity contribution >= 4 is 22.9 Å². The molecule has 0 aliphatic carbocycles. The van der Waals surface area contributed by atoms with Crippen molar-refractivity contribution in [1.29, 1.82) is 0 Å². The van der Waals surface area contributed by atoms with E-state index in [-0.39, 0.29) is 17.8 Å². The molecular weight excluding hydrogens is 369 g/mol. The molecule has 0 radical (unpaired) electrons. The van der Waals surface area contributed by atoms with Crippen LogP contribution >= 0.6 is 0 Å². The molecule has 8 heteroatoms. The average molecular weight is 390 g/mol. The van der Waals surface area contributed by atoms with Gasteiger partial charge in [0.1, 0.15) is 5.82 Å². The van der Waals surface area contributed by atoms with E-state index in [4.69, 9.17) is 0 Å². The van der Waals surface area contributed by atoms with E-state index in [2.05, 4.69) is 9.62 Å². The van der Waals surface area contributed by atoms with Gasteiger partial charge in [0, 0.05) is 60.3 Å². The monoisotopic (exact) mass is 390 g/mol. The summed E-state index contributed by atoms with van der Waals surface area (Å²) in [5, 5.41) is 0. The molecule has 144 valence electrons. The van der Waals surface area contributed by atoms with Gasteiger partial charge in [0.05, 0.1) is 0 Å². The molecule has 0 saturated carbocycles. The van der Waals surface area contributed by atoms with Crippen molar-refractivity contribution in [3.8, 4) is 0 Å². The maximum absolute atomic E-state index is 13.8. The summed E-state index contributed by atoms with van der Waals surface area (Å²) in [7, 11) is 0. The van der Waals surface area contributed by atoms with E-state index in [0.29, 0.717) is 43.0 Å². The van der Waals surface area contributed by atoms with E-state index in [9.17, 15) is 17.9 Å². The van der Waals surface area contributed by atoms with Gasteiger partial charge < -0.3 is 14.2 Å². The highest BCUT2D eigenvalue weighted by molar-refractivity contribution is 7.80. The Morgan fingerprint density at radius 3 is 2.56 bits per heavy atom. The van der Waals surface area contributed by atoms with E-state index >= 15 is 0 Å². The van der Waals surface area contributed by atoms with Crippen LogP contribution in [0.15, 0.2) is 48.5 Å². The number of carbonyl (C=O) groups is 1. The summed E-state index contributed by atoms with van der Waals surface area (Å²) in [6, 6.07) is 13.1. The standard InChI is InChI=1S/C19H22FN3O3S/c1-14-12-22(13-16-4-2-3-5-18(16)20)10-11-23(14)19(24)15-6-8-17(9-7-15)21-27(25)26/h2-9,14,21H,10-13H2,1H3,(H,25,26)/p-1/t14-/m0/s1. The second kappa shape index (κ2) is 8.60. The van der Waals surface area contributed by atoms with Crippen LogP contribution in [0.25, 0.3) is 0 Å². The fourth-order valence-corrected chi connectivity index (χ4v) is 3.62. The molecule has 1 aliphatic heterocycles. The first-order chi connectivity index (χ1) is 12.9. The summed E-state index contributed by atoms with van der Waals surface area (Å²) in [6.07, 6.45) is 0. The number of carbonyl (C=O) groups excluding carboxylic acids is 1. The smallest absolute Gasteiger partial charge is 0.254 e. The van der Waals surface area contributed by atoms with Crippen molar-refractivity contribution in [3.63, 3.8) is 0 Å². The quantitative estimate of drug-likeness (QED) is 0.796. The lowest BCUT2D eigenvalue weighted by atomic mass is 10.1. The second-order valence-corrected chi connectivity index (χ2v) is 7.26. The summed E-state index contributed by atoms with van der Waals surface area (Å²) in [5.74, 6) is -0.306. The first-order valence-electron chi connectivity index (χ1n) is 8.67. The van der Waals surface area contributed by atoms with Gasteiger partial charge in [-0.25, -0.2) is 4.39 Å². The summed E-state index contributed by atoms with van der Waals surface area (Å²) in [4.78, 5) is 16.7. The highest BCUT2D eigenvalue weighted by Gasteiger charge is 2.28. The van der Waals surface area contributed by atoms with E-state index in [1.807, 2.05) is 13.0 Å². The molecule has 27 heavy (non-hydrogen) atoms. The van der Waals surface area contributed by atoms with Crippen LogP contribution in [-0.2, 0) is 17.8 Å². The first kappa shape index (κ1) is 19.5. The second-order valence-electron chi connectivity index (χ2n) is 6.59. The predicted octanol–water partition coefficient (Wildman–Crippen LogP) is 2.38. The first-order valence-corrected chi connectivity index (χ1v) is 9.74. The molecule has 2 atom stereocenters. The predicted molar refractivity (Wildman–Crippen MR) is 101 cm³/mol. The van der Waals surface area contributed by atoms with E-state index in [1.165, 1.54) is 6.07 Å². The van der Waals surface area contributed by atoms with E-state index < -0.39 is 11.3 Å². The number of nitrogens with one attached hydrogen (secondary N) is 1. The molecule has 1 amide bonds. The molecule has 0 bridgehead atoms. The molecule has 1 heterocycles. The van der Waals surface area contributed by atoms with Gasteiger partial charge in [-0.05, 0) is 37.3 Å². The van der Waals surface area contributed by atoms with Crippen molar-refractivity contribution in [2.75, 3.05) is 24.4 Å². The van der Waals surface area contributed by atoms with Gasteiger partial charge in [0.15, 0.2) is 0 Å². The number of anilines is 1. The Labute approximate surface area is 160 Å². The Morgan fingerprint density at radius 2 is 1.93 bits per heavy atom. The number of benzene rings is 2. The normalized spacial score (nSPS) is 18.9. The lowest BCUT2D eigenvalue weighted by Crippen LogP contribution is -2.53. The molecule has 1 N–H and O–H groups in total. The summed E-state index contributed by atoms with van der Waals surface area (Å²) < 4.78 is 37.4. The van der Waals surface area contributed by atoms with Crippen molar-refractivity contribution in [2.45, 2.75) is 19.5 Å². The Kier molecular flexibility index (Phi) is 6.20. The number of piperazine rings is 1. The van der Waals surface area contributed by atoms with Gasteiger partial charge in [-0.3, -0.25) is 13.9 Å². The summed E-state index contributed by atoms with van der Waals surface area (Å²) >= 11 is -2.39. The Balaban J connectivity index is 1.61. The third kappa shape index (κ3) is 4.91. The zero-order valence-corrected chi connectivity index (χ0v) is 15.7. The van der Waals surface area contributed by atoms with Crippen LogP contribution in [0.5, 0.6) is 0 Å². The lowest BCUT2D eigenvalue weighted by molar-refractivity contribution is 0.0473. The highest BCUT2D eigenvalue weighted by atomic mass is 32.2. The minimum Gasteiger partial charge on any atom is -0.755 e. The van der Waals surface area contributed by atoms with Crippen LogP contribution in [0.3, 0.4) is 0 Å². The van der Waals surface area contributed by atoms with E-state index in [1.54, 1.807) is 41.3 Å². The number of amides is 1. The van der Waals surface area contributed by atoms with Crippen molar-refractivity contribution < 1.29 is 17.9 Å². The molecule has 1 aliphatic rings. The van der Waals surface area contributed by atoms with Gasteiger partial charge >= 0.3 is 0 Å². The largest absolute Gasteiger partial charge is 0.755 e. The Morgan fingerprint density at radius 1 is 1.22 bits per heavy atom. The number of rotatable bonds is 5. The maximum atomic E-state index is 13.8. The molecule has 1 unspecified atom stereocenters. The van der Waals surface area contributed by atoms with Gasteiger partial charge in [-0.2, -0.15) is 0 Å². The number of nitrogens with zero attached hydrogens (tertiary/aromatic N) is 2. The Hall–Kier alpha value is -2.29. The van der Waals surface area contributed by atoms with Crippen LogP contribution < -0.4 is 4.72 Å². The van der Waals surface area contributed by atoms with Gasteiger partial charge in [0.2, 0.25) is 0 Å². The van der Waals surface area contributed by atoms with Crippen LogP contribution in [0.4, 0.5) is 10.1 Å². The fourth-order valence-electron chi connectivity index (χ4n) is 3.29. The molecule has 2 aromatic carbocycles. The topological polar surface area (TPSA) is 75.7 Å². The molecule has 1 fully saturated rings. The van der Waals surface area contributed by atoms with E-state index in [0.717, 1.165) is 0 Å².